The maximum atomic E-state index is 12.2. The zero-order valence-electron chi connectivity index (χ0n) is 8.99. The number of hydrogen-bond donors (Lipinski definition) is 2. The summed E-state index contributed by atoms with van der Waals surface area (Å²) in [6.45, 7) is 0.459. The standard InChI is InChI=1S/C11H17N3O/c1-14(9-3-6-13-7-9)10(15)11(8-12)4-2-5-11/h3,6-7,13H,2,4-5,8,12H2,1H3. The lowest BCUT2D eigenvalue weighted by Crippen LogP contribution is -2.51. The first kappa shape index (κ1) is 10.2. The minimum Gasteiger partial charge on any atom is -0.366 e. The topological polar surface area (TPSA) is 62.1 Å². The third-order valence-electron chi connectivity index (χ3n) is 3.43. The Morgan fingerprint density at radius 3 is 2.80 bits per heavy atom. The van der Waals surface area contributed by atoms with Crippen molar-refractivity contribution < 1.29 is 4.79 Å². The third kappa shape index (κ3) is 1.55. The monoisotopic (exact) mass is 207 g/mol. The Morgan fingerprint density at radius 1 is 1.67 bits per heavy atom. The molecule has 2 rings (SSSR count). The normalized spacial score (nSPS) is 18.3. The van der Waals surface area contributed by atoms with E-state index in [2.05, 4.69) is 4.98 Å². The second-order valence-electron chi connectivity index (χ2n) is 4.27. The number of hydrogen-bond acceptors (Lipinski definition) is 2. The van der Waals surface area contributed by atoms with Crippen molar-refractivity contribution in [3.05, 3.63) is 18.5 Å². The fourth-order valence-electron chi connectivity index (χ4n) is 2.11. The molecule has 0 saturated heterocycles. The molecule has 1 fully saturated rings. The van der Waals surface area contributed by atoms with Gasteiger partial charge in [0.05, 0.1) is 11.1 Å². The van der Waals surface area contributed by atoms with Gasteiger partial charge in [-0.25, -0.2) is 0 Å². The van der Waals surface area contributed by atoms with Crippen LogP contribution in [0.15, 0.2) is 18.5 Å². The van der Waals surface area contributed by atoms with Crippen LogP contribution in [0.2, 0.25) is 0 Å². The fourth-order valence-corrected chi connectivity index (χ4v) is 2.11. The lowest BCUT2D eigenvalue weighted by molar-refractivity contribution is -0.131. The van der Waals surface area contributed by atoms with E-state index < -0.39 is 0 Å². The van der Waals surface area contributed by atoms with Crippen molar-refractivity contribution in [1.29, 1.82) is 0 Å². The molecule has 1 amide bonds. The van der Waals surface area contributed by atoms with Crippen LogP contribution in [-0.4, -0.2) is 24.5 Å². The number of carbonyl (C=O) groups is 1. The quantitative estimate of drug-likeness (QED) is 0.779. The number of aromatic nitrogens is 1. The predicted molar refractivity (Wildman–Crippen MR) is 59.5 cm³/mol. The molecule has 0 bridgehead atoms. The van der Waals surface area contributed by atoms with Gasteiger partial charge in [0.15, 0.2) is 0 Å². The smallest absolute Gasteiger partial charge is 0.234 e. The van der Waals surface area contributed by atoms with Gasteiger partial charge in [0.25, 0.3) is 0 Å². The summed E-state index contributed by atoms with van der Waals surface area (Å²) in [6, 6.07) is 1.89. The maximum absolute atomic E-state index is 12.2. The molecule has 1 heterocycles. The molecule has 1 aromatic heterocycles. The Hall–Kier alpha value is -1.29. The minimum absolute atomic E-state index is 0.149. The number of carbonyl (C=O) groups excluding carboxylic acids is 1. The van der Waals surface area contributed by atoms with Crippen LogP contribution in [0.5, 0.6) is 0 Å². The highest BCUT2D eigenvalue weighted by atomic mass is 16.2. The average molecular weight is 207 g/mol. The SMILES string of the molecule is CN(C(=O)C1(CN)CCC1)c1cc[nH]c1. The van der Waals surface area contributed by atoms with Crippen LogP contribution in [-0.2, 0) is 4.79 Å². The van der Waals surface area contributed by atoms with E-state index in [4.69, 9.17) is 5.73 Å². The number of amides is 1. The van der Waals surface area contributed by atoms with Crippen molar-refractivity contribution in [2.45, 2.75) is 19.3 Å². The van der Waals surface area contributed by atoms with Crippen molar-refractivity contribution in [3.8, 4) is 0 Å². The largest absolute Gasteiger partial charge is 0.366 e. The molecule has 0 aliphatic heterocycles. The van der Waals surface area contributed by atoms with Gasteiger partial charge in [0.2, 0.25) is 5.91 Å². The Labute approximate surface area is 89.5 Å². The van der Waals surface area contributed by atoms with Gasteiger partial charge >= 0.3 is 0 Å². The van der Waals surface area contributed by atoms with Crippen LogP contribution < -0.4 is 10.6 Å². The first-order valence-corrected chi connectivity index (χ1v) is 5.31. The molecule has 1 aliphatic carbocycles. The summed E-state index contributed by atoms with van der Waals surface area (Å²) in [6.07, 6.45) is 6.61. The van der Waals surface area contributed by atoms with Gasteiger partial charge in [-0.2, -0.15) is 0 Å². The van der Waals surface area contributed by atoms with Gasteiger partial charge < -0.3 is 15.6 Å². The molecule has 0 spiro atoms. The molecule has 1 saturated carbocycles. The zero-order valence-corrected chi connectivity index (χ0v) is 8.99. The number of rotatable bonds is 3. The van der Waals surface area contributed by atoms with E-state index in [0.29, 0.717) is 6.54 Å². The summed E-state index contributed by atoms with van der Waals surface area (Å²) < 4.78 is 0. The number of nitrogens with zero attached hydrogens (tertiary/aromatic N) is 1. The summed E-state index contributed by atoms with van der Waals surface area (Å²) in [5.74, 6) is 0.149. The van der Waals surface area contributed by atoms with Crippen LogP contribution in [0.25, 0.3) is 0 Å². The number of H-pyrrole nitrogens is 1. The zero-order chi connectivity index (χ0) is 10.9. The van der Waals surface area contributed by atoms with E-state index in [9.17, 15) is 4.79 Å². The Morgan fingerprint density at radius 2 is 2.40 bits per heavy atom. The molecule has 0 unspecified atom stereocenters. The van der Waals surface area contributed by atoms with E-state index in [1.807, 2.05) is 18.5 Å². The van der Waals surface area contributed by atoms with E-state index in [0.717, 1.165) is 24.9 Å². The molecule has 0 radical (unpaired) electrons. The van der Waals surface area contributed by atoms with Crippen LogP contribution >= 0.6 is 0 Å². The number of nitrogens with two attached hydrogens (primary N) is 1. The molecule has 15 heavy (non-hydrogen) atoms. The van der Waals surface area contributed by atoms with Gasteiger partial charge in [-0.15, -0.1) is 0 Å². The highest BCUT2D eigenvalue weighted by Crippen LogP contribution is 2.41. The Balaban J connectivity index is 2.14. The molecular weight excluding hydrogens is 190 g/mol. The second kappa shape index (κ2) is 3.70. The van der Waals surface area contributed by atoms with Crippen LogP contribution in [0, 0.1) is 5.41 Å². The van der Waals surface area contributed by atoms with Crippen molar-refractivity contribution >= 4 is 11.6 Å². The summed E-state index contributed by atoms with van der Waals surface area (Å²) in [5, 5.41) is 0. The summed E-state index contributed by atoms with van der Waals surface area (Å²) >= 11 is 0. The lowest BCUT2D eigenvalue weighted by atomic mass is 9.68. The molecule has 1 aromatic rings. The van der Waals surface area contributed by atoms with Gasteiger partial charge in [0.1, 0.15) is 0 Å². The van der Waals surface area contributed by atoms with Crippen LogP contribution in [0.3, 0.4) is 0 Å². The summed E-state index contributed by atoms with van der Waals surface area (Å²) in [4.78, 5) is 16.9. The van der Waals surface area contributed by atoms with Crippen molar-refractivity contribution in [2.24, 2.45) is 11.1 Å². The fraction of sp³-hybridized carbons (Fsp3) is 0.545. The molecular formula is C11H17N3O. The maximum Gasteiger partial charge on any atom is 0.234 e. The number of nitrogens with one attached hydrogen (secondary N) is 1. The Bertz CT molecular complexity index is 335. The second-order valence-corrected chi connectivity index (χ2v) is 4.27. The first-order valence-electron chi connectivity index (χ1n) is 5.31. The van der Waals surface area contributed by atoms with Crippen molar-refractivity contribution in [1.82, 2.24) is 4.98 Å². The molecule has 82 valence electrons. The van der Waals surface area contributed by atoms with Gasteiger partial charge in [-0.05, 0) is 18.9 Å². The summed E-state index contributed by atoms with van der Waals surface area (Å²) in [5.41, 5.74) is 6.32. The van der Waals surface area contributed by atoms with Crippen LogP contribution in [0.4, 0.5) is 5.69 Å². The highest BCUT2D eigenvalue weighted by molar-refractivity contribution is 5.97. The van der Waals surface area contributed by atoms with Crippen molar-refractivity contribution in [2.75, 3.05) is 18.5 Å². The lowest BCUT2D eigenvalue weighted by Gasteiger charge is -2.41. The molecule has 0 aromatic carbocycles. The van der Waals surface area contributed by atoms with E-state index in [1.54, 1.807) is 11.9 Å². The predicted octanol–water partition coefficient (Wildman–Crippen LogP) is 1.11. The van der Waals surface area contributed by atoms with E-state index >= 15 is 0 Å². The van der Waals surface area contributed by atoms with E-state index in [-0.39, 0.29) is 11.3 Å². The Kier molecular flexibility index (Phi) is 2.52. The van der Waals surface area contributed by atoms with Gasteiger partial charge in [-0.3, -0.25) is 4.79 Å². The number of anilines is 1. The molecule has 0 atom stereocenters. The molecule has 4 heteroatoms. The average Bonchev–Trinajstić information content (AvgIpc) is 2.68. The minimum atomic E-state index is -0.286. The van der Waals surface area contributed by atoms with Gasteiger partial charge in [-0.1, -0.05) is 6.42 Å². The third-order valence-corrected chi connectivity index (χ3v) is 3.43. The molecule has 1 aliphatic rings. The van der Waals surface area contributed by atoms with E-state index in [1.165, 1.54) is 0 Å². The number of aromatic amines is 1. The molecule has 4 nitrogen and oxygen atoms in total. The summed E-state index contributed by atoms with van der Waals surface area (Å²) in [7, 11) is 1.81. The van der Waals surface area contributed by atoms with Crippen LogP contribution in [0.1, 0.15) is 19.3 Å². The molecule has 3 N–H and O–H groups in total. The highest BCUT2D eigenvalue weighted by Gasteiger charge is 2.44. The van der Waals surface area contributed by atoms with Gasteiger partial charge in [0, 0.05) is 26.0 Å². The first-order chi connectivity index (χ1) is 7.19. The van der Waals surface area contributed by atoms with Crippen molar-refractivity contribution in [3.63, 3.8) is 0 Å².